The van der Waals surface area contributed by atoms with E-state index in [4.69, 9.17) is 9.47 Å². The highest BCUT2D eigenvalue weighted by Crippen LogP contribution is 2.34. The summed E-state index contributed by atoms with van der Waals surface area (Å²) >= 11 is 1.28. The Kier molecular flexibility index (Phi) is 8.12. The third kappa shape index (κ3) is 5.45. The molecule has 0 fully saturated rings. The molecule has 0 aliphatic rings. The van der Waals surface area contributed by atoms with Gasteiger partial charge < -0.3 is 14.8 Å². The van der Waals surface area contributed by atoms with Crippen molar-refractivity contribution in [3.63, 3.8) is 0 Å². The van der Waals surface area contributed by atoms with Crippen LogP contribution in [0, 0.1) is 18.6 Å². The van der Waals surface area contributed by atoms with Crippen LogP contribution in [0.5, 0.6) is 11.5 Å². The molecule has 4 nitrogen and oxygen atoms in total. The number of thiophene rings is 1. The molecule has 3 rings (SSSR count). The van der Waals surface area contributed by atoms with Gasteiger partial charge in [0.05, 0.1) is 12.7 Å². The van der Waals surface area contributed by atoms with E-state index in [9.17, 15) is 13.6 Å². The van der Waals surface area contributed by atoms with Gasteiger partial charge in [0.15, 0.2) is 10.6 Å². The van der Waals surface area contributed by atoms with Gasteiger partial charge in [0.1, 0.15) is 17.4 Å². The largest absolute Gasteiger partial charge is 0.465 e. The molecular weight excluding hydrogens is 408 g/mol. The maximum absolute atomic E-state index is 13.8. The van der Waals surface area contributed by atoms with Gasteiger partial charge in [0.25, 0.3) is 0 Å². The Labute approximate surface area is 178 Å². The molecule has 0 atom stereocenters. The van der Waals surface area contributed by atoms with Crippen LogP contribution in [0.4, 0.5) is 14.5 Å². The highest BCUT2D eigenvalue weighted by molar-refractivity contribution is 7.14. The van der Waals surface area contributed by atoms with Crippen molar-refractivity contribution >= 4 is 28.7 Å². The zero-order valence-corrected chi connectivity index (χ0v) is 18.0. The van der Waals surface area contributed by atoms with Gasteiger partial charge in [-0.15, -0.1) is 11.3 Å². The molecule has 1 heterocycles. The van der Waals surface area contributed by atoms with Gasteiger partial charge in [-0.1, -0.05) is 26.5 Å². The predicted molar refractivity (Wildman–Crippen MR) is 117 cm³/mol. The second kappa shape index (κ2) is 10.5. The lowest BCUT2D eigenvalue weighted by molar-refractivity contribution is 0.0604. The Morgan fingerprint density at radius 3 is 2.23 bits per heavy atom. The smallest absolute Gasteiger partial charge is 0.351 e. The standard InChI is InChI=1S/C21H17F2NO3S.C2H6/c1-12-11-18(20(28-12)21(25)26-3)27-15-9-7-14(8-10-15)24-13(2)19-16(22)5-4-6-17(19)23;1-2/h4-11,24H,2H2,1,3H3;1-2H3. The van der Waals surface area contributed by atoms with E-state index >= 15 is 0 Å². The molecule has 0 saturated heterocycles. The molecule has 0 amide bonds. The quantitative estimate of drug-likeness (QED) is 0.426. The van der Waals surface area contributed by atoms with Crippen LogP contribution >= 0.6 is 11.3 Å². The summed E-state index contributed by atoms with van der Waals surface area (Å²) in [6.45, 7) is 9.57. The Morgan fingerprint density at radius 1 is 1.07 bits per heavy atom. The highest BCUT2D eigenvalue weighted by Gasteiger charge is 2.18. The van der Waals surface area contributed by atoms with Gasteiger partial charge in [0.2, 0.25) is 0 Å². The number of esters is 1. The number of methoxy groups -OCH3 is 1. The van der Waals surface area contributed by atoms with E-state index in [1.54, 1.807) is 30.3 Å². The molecule has 1 N–H and O–H groups in total. The normalized spacial score (nSPS) is 9.93. The molecule has 7 heteroatoms. The number of aryl methyl sites for hydroxylation is 1. The van der Waals surface area contributed by atoms with Crippen LogP contribution in [0.3, 0.4) is 0 Å². The Balaban J connectivity index is 0.00000155. The first-order valence-electron chi connectivity index (χ1n) is 9.26. The number of carbonyl (C=O) groups is 1. The van der Waals surface area contributed by atoms with Crippen LogP contribution in [-0.2, 0) is 4.74 Å². The fourth-order valence-electron chi connectivity index (χ4n) is 2.56. The van der Waals surface area contributed by atoms with E-state index in [2.05, 4.69) is 11.9 Å². The van der Waals surface area contributed by atoms with Gasteiger partial charge in [-0.05, 0) is 49.4 Å². The monoisotopic (exact) mass is 431 g/mol. The Morgan fingerprint density at radius 2 is 1.67 bits per heavy atom. The Hall–Kier alpha value is -3.19. The minimum Gasteiger partial charge on any atom is -0.465 e. The highest BCUT2D eigenvalue weighted by atomic mass is 32.1. The van der Waals surface area contributed by atoms with Crippen molar-refractivity contribution < 1.29 is 23.0 Å². The first-order chi connectivity index (χ1) is 14.4. The molecule has 0 unspecified atom stereocenters. The van der Waals surface area contributed by atoms with E-state index in [0.717, 1.165) is 4.88 Å². The predicted octanol–water partition coefficient (Wildman–Crippen LogP) is 7.02. The topological polar surface area (TPSA) is 47.6 Å². The summed E-state index contributed by atoms with van der Waals surface area (Å²) in [6, 6.07) is 12.1. The van der Waals surface area contributed by atoms with E-state index in [0.29, 0.717) is 22.1 Å². The second-order valence-electron chi connectivity index (χ2n) is 5.87. The first kappa shape index (κ1) is 23.1. The summed E-state index contributed by atoms with van der Waals surface area (Å²) in [5.41, 5.74) is 0.472. The van der Waals surface area contributed by atoms with E-state index in [1.807, 2.05) is 20.8 Å². The third-order valence-electron chi connectivity index (χ3n) is 3.83. The number of anilines is 1. The fraction of sp³-hybridized carbons (Fsp3) is 0.174. The summed E-state index contributed by atoms with van der Waals surface area (Å²) in [6.07, 6.45) is 0. The van der Waals surface area contributed by atoms with Crippen LogP contribution in [0.2, 0.25) is 0 Å². The molecule has 30 heavy (non-hydrogen) atoms. The molecule has 0 aliphatic heterocycles. The van der Waals surface area contributed by atoms with Crippen molar-refractivity contribution in [2.75, 3.05) is 12.4 Å². The number of hydrogen-bond acceptors (Lipinski definition) is 5. The minimum absolute atomic E-state index is 0.103. The molecule has 0 aliphatic carbocycles. The summed E-state index contributed by atoms with van der Waals surface area (Å²) in [4.78, 5) is 13.1. The van der Waals surface area contributed by atoms with E-state index < -0.39 is 17.6 Å². The van der Waals surface area contributed by atoms with Gasteiger partial charge in [-0.3, -0.25) is 0 Å². The van der Waals surface area contributed by atoms with Gasteiger partial charge in [0, 0.05) is 16.3 Å². The van der Waals surface area contributed by atoms with Crippen LogP contribution in [0.25, 0.3) is 5.70 Å². The molecule has 0 bridgehead atoms. The maximum atomic E-state index is 13.8. The number of ether oxygens (including phenoxy) is 2. The van der Waals surface area contributed by atoms with Crippen molar-refractivity contribution in [2.45, 2.75) is 20.8 Å². The lowest BCUT2D eigenvalue weighted by Gasteiger charge is -2.12. The van der Waals surface area contributed by atoms with Crippen molar-refractivity contribution in [3.8, 4) is 11.5 Å². The van der Waals surface area contributed by atoms with Crippen molar-refractivity contribution in [2.24, 2.45) is 0 Å². The number of benzene rings is 2. The maximum Gasteiger partial charge on any atom is 0.351 e. The Bertz CT molecular complexity index is 1010. The number of halogens is 2. The fourth-order valence-corrected chi connectivity index (χ4v) is 3.41. The lowest BCUT2D eigenvalue weighted by Crippen LogP contribution is -2.02. The summed E-state index contributed by atoms with van der Waals surface area (Å²) in [7, 11) is 1.31. The van der Waals surface area contributed by atoms with Crippen molar-refractivity contribution in [1.82, 2.24) is 0 Å². The summed E-state index contributed by atoms with van der Waals surface area (Å²) in [5.74, 6) is -0.945. The molecule has 0 radical (unpaired) electrons. The van der Waals surface area contributed by atoms with E-state index in [1.165, 1.54) is 36.6 Å². The molecule has 1 aromatic heterocycles. The molecule has 2 aromatic carbocycles. The summed E-state index contributed by atoms with van der Waals surface area (Å²) in [5, 5.41) is 2.87. The van der Waals surface area contributed by atoms with Crippen LogP contribution < -0.4 is 10.1 Å². The zero-order valence-electron chi connectivity index (χ0n) is 17.2. The molecular formula is C23H23F2NO3S. The average molecular weight is 432 g/mol. The number of nitrogens with one attached hydrogen (secondary N) is 1. The number of carbonyl (C=O) groups excluding carboxylic acids is 1. The SMILES string of the molecule is C=C(Nc1ccc(Oc2cc(C)sc2C(=O)OC)cc1)c1c(F)cccc1F.CC. The molecule has 0 spiro atoms. The molecule has 0 saturated carbocycles. The van der Waals surface area contributed by atoms with Gasteiger partial charge >= 0.3 is 5.97 Å². The van der Waals surface area contributed by atoms with Crippen molar-refractivity contribution in [3.05, 3.63) is 82.1 Å². The number of rotatable bonds is 6. The van der Waals surface area contributed by atoms with Crippen LogP contribution in [-0.4, -0.2) is 13.1 Å². The average Bonchev–Trinajstić information content (AvgIpc) is 3.10. The molecule has 3 aromatic rings. The van der Waals surface area contributed by atoms with Gasteiger partial charge in [-0.25, -0.2) is 13.6 Å². The first-order valence-corrected chi connectivity index (χ1v) is 10.1. The van der Waals surface area contributed by atoms with Crippen LogP contribution in [0.15, 0.2) is 55.1 Å². The zero-order chi connectivity index (χ0) is 22.3. The second-order valence-corrected chi connectivity index (χ2v) is 7.12. The summed E-state index contributed by atoms with van der Waals surface area (Å²) < 4.78 is 38.2. The molecule has 158 valence electrons. The third-order valence-corrected chi connectivity index (χ3v) is 4.85. The minimum atomic E-state index is -0.694. The van der Waals surface area contributed by atoms with Crippen molar-refractivity contribution in [1.29, 1.82) is 0 Å². The lowest BCUT2D eigenvalue weighted by atomic mass is 10.1. The van der Waals surface area contributed by atoms with Crippen LogP contribution in [0.1, 0.15) is 34.0 Å². The van der Waals surface area contributed by atoms with Gasteiger partial charge in [-0.2, -0.15) is 0 Å². The van der Waals surface area contributed by atoms with E-state index in [-0.39, 0.29) is 11.3 Å². The number of hydrogen-bond donors (Lipinski definition) is 1.